The number of nitro groups is 1. The van der Waals surface area contributed by atoms with Crippen LogP contribution in [0, 0.1) is 10.1 Å². The van der Waals surface area contributed by atoms with Gasteiger partial charge in [0.05, 0.1) is 10.7 Å². The summed E-state index contributed by atoms with van der Waals surface area (Å²) in [4.78, 5) is 10.3. The van der Waals surface area contributed by atoms with E-state index in [9.17, 15) is 14.3 Å². The molecule has 2 N–H and O–H groups in total. The number of para-hydroxylation sites is 1. The molecule has 0 spiro atoms. The zero-order valence-corrected chi connectivity index (χ0v) is 9.61. The fourth-order valence-electron chi connectivity index (χ4n) is 1.30. The molecule has 6 heteroatoms. The van der Waals surface area contributed by atoms with Crippen molar-refractivity contribution >= 4 is 16.5 Å². The van der Waals surface area contributed by atoms with Gasteiger partial charge in [-0.1, -0.05) is 18.2 Å². The van der Waals surface area contributed by atoms with Crippen molar-refractivity contribution in [3.8, 4) is 0 Å². The summed E-state index contributed by atoms with van der Waals surface area (Å²) in [5.74, 6) is 0.708. The van der Waals surface area contributed by atoms with Crippen molar-refractivity contribution in [3.63, 3.8) is 0 Å². The molecule has 0 aliphatic rings. The first-order chi connectivity index (χ1) is 7.65. The molecule has 5 nitrogen and oxygen atoms in total. The first-order valence-corrected chi connectivity index (χ1v) is 6.41. The molecule has 0 aromatic heterocycles. The molecule has 1 aromatic rings. The van der Waals surface area contributed by atoms with Gasteiger partial charge in [-0.25, -0.2) is 0 Å². The van der Waals surface area contributed by atoms with E-state index in [0.29, 0.717) is 24.3 Å². The van der Waals surface area contributed by atoms with Crippen molar-refractivity contribution in [2.75, 3.05) is 12.3 Å². The molecule has 1 rings (SSSR count). The lowest BCUT2D eigenvalue weighted by Gasteiger charge is -2.02. The van der Waals surface area contributed by atoms with Crippen molar-refractivity contribution in [1.29, 1.82) is 0 Å². The highest BCUT2D eigenvalue weighted by molar-refractivity contribution is 7.84. The summed E-state index contributed by atoms with van der Waals surface area (Å²) in [6.07, 6.45) is 0.674. The standard InChI is InChI=1S/C10H14N2O3S/c11-6-3-7-16(15)8-9-4-1-2-5-10(9)12(13)14/h1-2,4-5H,3,6-8,11H2. The Balaban J connectivity index is 2.73. The van der Waals surface area contributed by atoms with Crippen molar-refractivity contribution in [1.82, 2.24) is 0 Å². The van der Waals surface area contributed by atoms with E-state index in [2.05, 4.69) is 0 Å². The van der Waals surface area contributed by atoms with Crippen LogP contribution in [0.5, 0.6) is 0 Å². The predicted octanol–water partition coefficient (Wildman–Crippen LogP) is 1.19. The van der Waals surface area contributed by atoms with Crippen LogP contribution in [0.4, 0.5) is 5.69 Å². The Hall–Kier alpha value is -1.27. The van der Waals surface area contributed by atoms with Gasteiger partial charge >= 0.3 is 0 Å². The fraction of sp³-hybridized carbons (Fsp3) is 0.400. The molecule has 1 atom stereocenters. The van der Waals surface area contributed by atoms with Gasteiger partial charge in [-0.05, 0) is 13.0 Å². The lowest BCUT2D eigenvalue weighted by atomic mass is 10.2. The molecular weight excluding hydrogens is 228 g/mol. The van der Waals surface area contributed by atoms with Crippen molar-refractivity contribution < 1.29 is 9.13 Å². The SMILES string of the molecule is NCCCS(=O)Cc1ccccc1[N+](=O)[O-]. The minimum atomic E-state index is -1.08. The van der Waals surface area contributed by atoms with E-state index in [1.165, 1.54) is 6.07 Å². The zero-order valence-electron chi connectivity index (χ0n) is 8.80. The summed E-state index contributed by atoms with van der Waals surface area (Å²) >= 11 is 0. The van der Waals surface area contributed by atoms with Crippen LogP contribution in [-0.2, 0) is 16.6 Å². The fourth-order valence-corrected chi connectivity index (χ4v) is 2.52. The second kappa shape index (κ2) is 6.34. The largest absolute Gasteiger partial charge is 0.330 e. The molecule has 0 saturated heterocycles. The minimum absolute atomic E-state index is 0.0311. The monoisotopic (exact) mass is 242 g/mol. The maximum absolute atomic E-state index is 11.6. The van der Waals surface area contributed by atoms with E-state index in [0.717, 1.165) is 0 Å². The highest BCUT2D eigenvalue weighted by atomic mass is 32.2. The Morgan fingerprint density at radius 2 is 2.06 bits per heavy atom. The van der Waals surface area contributed by atoms with Crippen LogP contribution < -0.4 is 5.73 Å². The Bertz CT molecular complexity index is 395. The number of nitrogens with zero attached hydrogens (tertiary/aromatic N) is 1. The molecule has 0 aliphatic heterocycles. The summed E-state index contributed by atoms with van der Waals surface area (Å²) in [7, 11) is -1.08. The van der Waals surface area contributed by atoms with Gasteiger partial charge in [-0.15, -0.1) is 0 Å². The maximum atomic E-state index is 11.6. The van der Waals surface area contributed by atoms with Gasteiger partial charge in [0.2, 0.25) is 0 Å². The van der Waals surface area contributed by atoms with Gasteiger partial charge in [0, 0.05) is 28.2 Å². The molecule has 0 saturated carbocycles. The molecule has 0 amide bonds. The first-order valence-electron chi connectivity index (χ1n) is 4.92. The maximum Gasteiger partial charge on any atom is 0.273 e. The number of hydrogen-bond acceptors (Lipinski definition) is 4. The molecule has 0 aliphatic carbocycles. The number of nitrogens with two attached hydrogens (primary N) is 1. The van der Waals surface area contributed by atoms with Crippen LogP contribution in [-0.4, -0.2) is 21.4 Å². The second-order valence-electron chi connectivity index (χ2n) is 3.32. The Morgan fingerprint density at radius 1 is 1.38 bits per heavy atom. The van der Waals surface area contributed by atoms with Gasteiger partial charge in [-0.3, -0.25) is 14.3 Å². The van der Waals surface area contributed by atoms with Crippen LogP contribution in [0.2, 0.25) is 0 Å². The third kappa shape index (κ3) is 3.71. The van der Waals surface area contributed by atoms with Gasteiger partial charge in [-0.2, -0.15) is 0 Å². The predicted molar refractivity (Wildman–Crippen MR) is 63.5 cm³/mol. The van der Waals surface area contributed by atoms with Gasteiger partial charge in [0.1, 0.15) is 0 Å². The van der Waals surface area contributed by atoms with Crippen LogP contribution in [0.25, 0.3) is 0 Å². The second-order valence-corrected chi connectivity index (χ2v) is 4.89. The average molecular weight is 242 g/mol. The molecule has 0 fully saturated rings. The quantitative estimate of drug-likeness (QED) is 0.599. The highest BCUT2D eigenvalue weighted by Gasteiger charge is 2.14. The van der Waals surface area contributed by atoms with E-state index in [-0.39, 0.29) is 11.4 Å². The molecule has 0 bridgehead atoms. The zero-order chi connectivity index (χ0) is 12.0. The molecule has 0 radical (unpaired) electrons. The lowest BCUT2D eigenvalue weighted by Crippen LogP contribution is -2.08. The summed E-state index contributed by atoms with van der Waals surface area (Å²) < 4.78 is 11.6. The smallest absolute Gasteiger partial charge is 0.273 e. The van der Waals surface area contributed by atoms with Crippen molar-refractivity contribution in [3.05, 3.63) is 39.9 Å². The highest BCUT2D eigenvalue weighted by Crippen LogP contribution is 2.19. The Kier molecular flexibility index (Phi) is 5.07. The third-order valence-corrected chi connectivity index (χ3v) is 3.46. The number of benzene rings is 1. The number of rotatable bonds is 6. The van der Waals surface area contributed by atoms with Crippen LogP contribution in [0.3, 0.4) is 0 Å². The third-order valence-electron chi connectivity index (χ3n) is 2.08. The summed E-state index contributed by atoms with van der Waals surface area (Å²) in [5, 5.41) is 10.7. The van der Waals surface area contributed by atoms with E-state index in [1.54, 1.807) is 18.2 Å². The van der Waals surface area contributed by atoms with Crippen molar-refractivity contribution in [2.45, 2.75) is 12.2 Å². The molecule has 88 valence electrons. The molecule has 16 heavy (non-hydrogen) atoms. The van der Waals surface area contributed by atoms with Gasteiger partial charge < -0.3 is 5.73 Å². The Labute approximate surface area is 96.3 Å². The van der Waals surface area contributed by atoms with E-state index >= 15 is 0 Å². The van der Waals surface area contributed by atoms with Crippen LogP contribution >= 0.6 is 0 Å². The summed E-state index contributed by atoms with van der Waals surface area (Å²) in [5.41, 5.74) is 5.85. The van der Waals surface area contributed by atoms with Crippen LogP contribution in [0.15, 0.2) is 24.3 Å². The summed E-state index contributed by atoms with van der Waals surface area (Å²) in [6, 6.07) is 6.38. The van der Waals surface area contributed by atoms with Gasteiger partial charge in [0.25, 0.3) is 5.69 Å². The molecule has 1 aromatic carbocycles. The summed E-state index contributed by atoms with van der Waals surface area (Å²) in [6.45, 7) is 0.489. The topological polar surface area (TPSA) is 86.2 Å². The van der Waals surface area contributed by atoms with Crippen LogP contribution in [0.1, 0.15) is 12.0 Å². The van der Waals surface area contributed by atoms with E-state index < -0.39 is 15.7 Å². The van der Waals surface area contributed by atoms with E-state index in [1.807, 2.05) is 0 Å². The molecule has 1 unspecified atom stereocenters. The molecular formula is C10H14N2O3S. The van der Waals surface area contributed by atoms with E-state index in [4.69, 9.17) is 5.73 Å². The van der Waals surface area contributed by atoms with Gasteiger partial charge in [0.15, 0.2) is 0 Å². The number of nitro benzene ring substituents is 1. The minimum Gasteiger partial charge on any atom is -0.330 e. The number of hydrogen-bond donors (Lipinski definition) is 1. The first kappa shape index (κ1) is 12.8. The average Bonchev–Trinajstić information content (AvgIpc) is 2.27. The van der Waals surface area contributed by atoms with Crippen molar-refractivity contribution in [2.24, 2.45) is 5.73 Å². The normalized spacial score (nSPS) is 12.3. The Morgan fingerprint density at radius 3 is 2.69 bits per heavy atom. The molecule has 0 heterocycles. The lowest BCUT2D eigenvalue weighted by molar-refractivity contribution is -0.385.